The molecule has 122 valence electrons. The van der Waals surface area contributed by atoms with Crippen LogP contribution in [0.5, 0.6) is 0 Å². The van der Waals surface area contributed by atoms with Crippen molar-refractivity contribution in [1.82, 2.24) is 10.2 Å². The lowest BCUT2D eigenvalue weighted by atomic mass is 10.1. The van der Waals surface area contributed by atoms with Gasteiger partial charge in [0.05, 0.1) is 0 Å². The zero-order valence-corrected chi connectivity index (χ0v) is 13.5. The number of hydrogen-bond donors (Lipinski definition) is 2. The molecule has 2 unspecified atom stereocenters. The average Bonchev–Trinajstić information content (AvgIpc) is 2.76. The van der Waals surface area contributed by atoms with E-state index < -0.39 is 0 Å². The van der Waals surface area contributed by atoms with Crippen LogP contribution >= 0.6 is 12.4 Å². The summed E-state index contributed by atoms with van der Waals surface area (Å²) in [5, 5.41) is 2.98. The molecule has 1 aliphatic carbocycles. The zero-order chi connectivity index (χ0) is 14.4. The normalized spacial score (nSPS) is 26.1. The summed E-state index contributed by atoms with van der Waals surface area (Å²) in [6, 6.07) is 0.195. The largest absolute Gasteiger partial charge is 0.356 e. The van der Waals surface area contributed by atoms with Crippen LogP contribution in [0.3, 0.4) is 0 Å². The van der Waals surface area contributed by atoms with Crippen LogP contribution in [-0.2, 0) is 9.59 Å². The summed E-state index contributed by atoms with van der Waals surface area (Å²) in [5.41, 5.74) is 5.82. The standard InChI is InChI=1S/C15H27N3O2.ClH/c16-13-7-6-12(11-13)15(20)17-8-4-10-18-9-3-1-2-5-14(18)19;/h12-13H,1-11,16H2,(H,17,20);1H. The molecule has 6 heteroatoms. The van der Waals surface area contributed by atoms with E-state index in [1.54, 1.807) is 0 Å². The molecule has 0 aromatic heterocycles. The topological polar surface area (TPSA) is 75.4 Å². The minimum Gasteiger partial charge on any atom is -0.356 e. The van der Waals surface area contributed by atoms with Gasteiger partial charge in [0.25, 0.3) is 0 Å². The highest BCUT2D eigenvalue weighted by Gasteiger charge is 2.27. The highest BCUT2D eigenvalue weighted by Crippen LogP contribution is 2.23. The van der Waals surface area contributed by atoms with Crippen LogP contribution in [0.4, 0.5) is 0 Å². The van der Waals surface area contributed by atoms with Crippen molar-refractivity contribution in [2.75, 3.05) is 19.6 Å². The van der Waals surface area contributed by atoms with E-state index in [9.17, 15) is 9.59 Å². The second-order valence-electron chi connectivity index (χ2n) is 6.11. The molecule has 0 bridgehead atoms. The second-order valence-corrected chi connectivity index (χ2v) is 6.11. The lowest BCUT2D eigenvalue weighted by molar-refractivity contribution is -0.130. The summed E-state index contributed by atoms with van der Waals surface area (Å²) in [4.78, 5) is 25.7. The van der Waals surface area contributed by atoms with Crippen molar-refractivity contribution in [3.63, 3.8) is 0 Å². The Morgan fingerprint density at radius 1 is 1.29 bits per heavy atom. The number of carbonyl (C=O) groups is 2. The van der Waals surface area contributed by atoms with Gasteiger partial charge in [-0.05, 0) is 38.5 Å². The van der Waals surface area contributed by atoms with Crippen molar-refractivity contribution in [1.29, 1.82) is 0 Å². The number of hydrogen-bond acceptors (Lipinski definition) is 3. The van der Waals surface area contributed by atoms with E-state index in [1.165, 1.54) is 0 Å². The molecule has 2 aliphatic rings. The Bertz CT molecular complexity index is 352. The SMILES string of the molecule is Cl.NC1CCC(C(=O)NCCCN2CCCCCC2=O)C1. The molecule has 1 aliphatic heterocycles. The quantitative estimate of drug-likeness (QED) is 0.753. The first-order chi connectivity index (χ1) is 9.66. The summed E-state index contributed by atoms with van der Waals surface area (Å²) in [5.74, 6) is 0.514. The molecule has 5 nitrogen and oxygen atoms in total. The third-order valence-electron chi connectivity index (χ3n) is 4.42. The Balaban J connectivity index is 0.00000220. The van der Waals surface area contributed by atoms with Gasteiger partial charge in [-0.1, -0.05) is 6.42 Å². The summed E-state index contributed by atoms with van der Waals surface area (Å²) >= 11 is 0. The number of halogens is 1. The van der Waals surface area contributed by atoms with Gasteiger partial charge in [-0.3, -0.25) is 9.59 Å². The first kappa shape index (κ1) is 18.2. The fourth-order valence-electron chi connectivity index (χ4n) is 3.16. The maximum Gasteiger partial charge on any atom is 0.223 e. The van der Waals surface area contributed by atoms with Gasteiger partial charge in [-0.2, -0.15) is 0 Å². The van der Waals surface area contributed by atoms with Gasteiger partial charge < -0.3 is 16.0 Å². The molecule has 0 radical (unpaired) electrons. The Morgan fingerprint density at radius 3 is 2.81 bits per heavy atom. The Morgan fingerprint density at radius 2 is 2.10 bits per heavy atom. The molecule has 2 fully saturated rings. The van der Waals surface area contributed by atoms with Crippen molar-refractivity contribution in [2.24, 2.45) is 11.7 Å². The molecule has 0 spiro atoms. The lowest BCUT2D eigenvalue weighted by Crippen LogP contribution is -2.35. The van der Waals surface area contributed by atoms with Crippen LogP contribution in [-0.4, -0.2) is 42.4 Å². The number of nitrogens with one attached hydrogen (secondary N) is 1. The highest BCUT2D eigenvalue weighted by molar-refractivity contribution is 5.85. The Labute approximate surface area is 133 Å². The van der Waals surface area contributed by atoms with E-state index in [4.69, 9.17) is 5.73 Å². The molecule has 1 heterocycles. The molecule has 1 saturated carbocycles. The minimum atomic E-state index is 0. The van der Waals surface area contributed by atoms with Crippen molar-refractivity contribution in [3.05, 3.63) is 0 Å². The molecular weight excluding hydrogens is 290 g/mol. The maximum absolute atomic E-state index is 11.9. The van der Waals surface area contributed by atoms with Crippen LogP contribution in [0.2, 0.25) is 0 Å². The Hall–Kier alpha value is -0.810. The van der Waals surface area contributed by atoms with Gasteiger partial charge in [0, 0.05) is 38.0 Å². The third-order valence-corrected chi connectivity index (χ3v) is 4.42. The van der Waals surface area contributed by atoms with Crippen LogP contribution in [0.25, 0.3) is 0 Å². The lowest BCUT2D eigenvalue weighted by Gasteiger charge is -2.20. The van der Waals surface area contributed by atoms with Gasteiger partial charge >= 0.3 is 0 Å². The fourth-order valence-corrected chi connectivity index (χ4v) is 3.16. The molecule has 3 N–H and O–H groups in total. The highest BCUT2D eigenvalue weighted by atomic mass is 35.5. The monoisotopic (exact) mass is 317 g/mol. The molecule has 2 atom stereocenters. The van der Waals surface area contributed by atoms with Crippen LogP contribution in [0.15, 0.2) is 0 Å². The van der Waals surface area contributed by atoms with E-state index in [-0.39, 0.29) is 36.2 Å². The van der Waals surface area contributed by atoms with Gasteiger partial charge in [0.2, 0.25) is 11.8 Å². The fraction of sp³-hybridized carbons (Fsp3) is 0.867. The van der Waals surface area contributed by atoms with E-state index in [2.05, 4.69) is 5.32 Å². The number of rotatable bonds is 5. The van der Waals surface area contributed by atoms with Crippen LogP contribution in [0, 0.1) is 5.92 Å². The third kappa shape index (κ3) is 5.83. The number of carbonyl (C=O) groups excluding carboxylic acids is 2. The summed E-state index contributed by atoms with van der Waals surface area (Å²) in [6.07, 6.45) is 7.50. The van der Waals surface area contributed by atoms with Crippen molar-refractivity contribution in [3.8, 4) is 0 Å². The maximum atomic E-state index is 11.9. The van der Waals surface area contributed by atoms with E-state index >= 15 is 0 Å². The summed E-state index contributed by atoms with van der Waals surface area (Å²) < 4.78 is 0. The van der Waals surface area contributed by atoms with E-state index in [0.717, 1.165) is 58.0 Å². The first-order valence-electron chi connectivity index (χ1n) is 7.98. The van der Waals surface area contributed by atoms with Gasteiger partial charge in [0.15, 0.2) is 0 Å². The molecule has 1 saturated heterocycles. The summed E-state index contributed by atoms with van der Waals surface area (Å²) in [6.45, 7) is 2.31. The predicted molar refractivity (Wildman–Crippen MR) is 85.2 cm³/mol. The number of nitrogens with two attached hydrogens (primary N) is 1. The van der Waals surface area contributed by atoms with Gasteiger partial charge in [-0.25, -0.2) is 0 Å². The minimum absolute atomic E-state index is 0. The van der Waals surface area contributed by atoms with Crippen LogP contribution in [0.1, 0.15) is 51.4 Å². The predicted octanol–water partition coefficient (Wildman–Crippen LogP) is 1.44. The zero-order valence-electron chi connectivity index (χ0n) is 12.7. The smallest absolute Gasteiger partial charge is 0.223 e. The van der Waals surface area contributed by atoms with Crippen molar-refractivity contribution < 1.29 is 9.59 Å². The average molecular weight is 318 g/mol. The number of amides is 2. The summed E-state index contributed by atoms with van der Waals surface area (Å²) in [7, 11) is 0. The second kappa shape index (κ2) is 9.26. The van der Waals surface area contributed by atoms with E-state index in [1.807, 2.05) is 4.90 Å². The first-order valence-corrected chi connectivity index (χ1v) is 7.98. The molecule has 0 aromatic carbocycles. The van der Waals surface area contributed by atoms with Crippen molar-refractivity contribution >= 4 is 24.2 Å². The number of likely N-dealkylation sites (tertiary alicyclic amines) is 1. The molecule has 2 amide bonds. The van der Waals surface area contributed by atoms with Crippen molar-refractivity contribution in [2.45, 2.75) is 57.4 Å². The van der Waals surface area contributed by atoms with Gasteiger partial charge in [-0.15, -0.1) is 12.4 Å². The number of nitrogens with zero attached hydrogens (tertiary/aromatic N) is 1. The molecule has 0 aromatic rings. The molecule has 21 heavy (non-hydrogen) atoms. The van der Waals surface area contributed by atoms with Crippen LogP contribution < -0.4 is 11.1 Å². The Kier molecular flexibility index (Phi) is 8.04. The van der Waals surface area contributed by atoms with Gasteiger partial charge in [0.1, 0.15) is 0 Å². The molecular formula is C15H28ClN3O2. The molecule has 2 rings (SSSR count). The van der Waals surface area contributed by atoms with E-state index in [0.29, 0.717) is 13.0 Å².